The summed E-state index contributed by atoms with van der Waals surface area (Å²) in [5.41, 5.74) is 5.46. The largest absolute Gasteiger partial charge is 0.489 e. The fourth-order valence-corrected chi connectivity index (χ4v) is 1.97. The summed E-state index contributed by atoms with van der Waals surface area (Å²) in [4.78, 5) is -0.0978. The molecule has 17 heavy (non-hydrogen) atoms. The number of nitrogens with two attached hydrogens (primary N) is 1. The summed E-state index contributed by atoms with van der Waals surface area (Å²) in [7, 11) is -3.45. The molecule has 0 fully saturated rings. The predicted octanol–water partition coefficient (Wildman–Crippen LogP) is 1.35. The van der Waals surface area contributed by atoms with Crippen LogP contribution in [0.1, 0.15) is 13.3 Å². The molecule has 0 aromatic heterocycles. The van der Waals surface area contributed by atoms with Gasteiger partial charge in [0.05, 0.1) is 4.90 Å². The molecule has 0 bridgehead atoms. The minimum atomic E-state index is -3.45. The maximum Gasteiger partial charge on any atom is 0.175 e. The summed E-state index contributed by atoms with van der Waals surface area (Å²) >= 11 is 0. The zero-order chi connectivity index (χ0) is 13.1. The summed E-state index contributed by atoms with van der Waals surface area (Å²) in [6.07, 6.45) is 1.44. The molecule has 0 aliphatic carbocycles. The van der Waals surface area contributed by atoms with Crippen molar-refractivity contribution in [3.8, 4) is 5.75 Å². The van der Waals surface area contributed by atoms with Crippen molar-refractivity contribution in [2.45, 2.75) is 24.3 Å². The van der Waals surface area contributed by atoms with Gasteiger partial charge in [-0.3, -0.25) is 0 Å². The number of hydrogen-bond donors (Lipinski definition) is 1. The van der Waals surface area contributed by atoms with E-state index in [1.54, 1.807) is 0 Å². The molecule has 0 heterocycles. The first-order valence-corrected chi connectivity index (χ1v) is 7.13. The highest BCUT2D eigenvalue weighted by molar-refractivity contribution is 7.90. The molecular formula is C11H16FNO3S. The number of halogens is 1. The molecule has 1 aromatic rings. The van der Waals surface area contributed by atoms with Crippen LogP contribution in [-0.4, -0.2) is 27.3 Å². The van der Waals surface area contributed by atoms with Crippen molar-refractivity contribution >= 4 is 9.84 Å². The average molecular weight is 261 g/mol. The molecule has 1 aromatic carbocycles. The fraction of sp³-hybridized carbons (Fsp3) is 0.455. The SMILES string of the molecule is CCC(CN)Oc1cc(F)cc(S(C)(=O)=O)c1. The second-order valence-electron chi connectivity index (χ2n) is 3.78. The van der Waals surface area contributed by atoms with Crippen molar-refractivity contribution in [3.05, 3.63) is 24.0 Å². The molecule has 0 saturated carbocycles. The molecule has 1 rings (SSSR count). The van der Waals surface area contributed by atoms with Gasteiger partial charge in [-0.15, -0.1) is 0 Å². The van der Waals surface area contributed by atoms with E-state index in [0.29, 0.717) is 13.0 Å². The van der Waals surface area contributed by atoms with Gasteiger partial charge in [0, 0.05) is 18.9 Å². The van der Waals surface area contributed by atoms with E-state index in [0.717, 1.165) is 18.4 Å². The van der Waals surface area contributed by atoms with Crippen molar-refractivity contribution in [2.24, 2.45) is 5.73 Å². The number of sulfone groups is 1. The van der Waals surface area contributed by atoms with Crippen molar-refractivity contribution < 1.29 is 17.5 Å². The van der Waals surface area contributed by atoms with Gasteiger partial charge in [-0.25, -0.2) is 12.8 Å². The Hall–Kier alpha value is -1.14. The van der Waals surface area contributed by atoms with Gasteiger partial charge in [0.15, 0.2) is 9.84 Å². The van der Waals surface area contributed by atoms with Crippen LogP contribution in [0.4, 0.5) is 4.39 Å². The quantitative estimate of drug-likeness (QED) is 0.868. The Bertz CT molecular complexity index is 483. The summed E-state index contributed by atoms with van der Waals surface area (Å²) in [6.45, 7) is 2.18. The Morgan fingerprint density at radius 2 is 2.06 bits per heavy atom. The monoisotopic (exact) mass is 261 g/mol. The van der Waals surface area contributed by atoms with Crippen LogP contribution in [0.5, 0.6) is 5.75 Å². The lowest BCUT2D eigenvalue weighted by Gasteiger charge is -2.16. The van der Waals surface area contributed by atoms with Crippen LogP contribution in [0.25, 0.3) is 0 Å². The van der Waals surface area contributed by atoms with Gasteiger partial charge in [-0.05, 0) is 18.6 Å². The molecule has 0 aliphatic rings. The molecule has 96 valence electrons. The number of rotatable bonds is 5. The minimum Gasteiger partial charge on any atom is -0.489 e. The summed E-state index contributed by atoms with van der Waals surface area (Å²) in [5, 5.41) is 0. The van der Waals surface area contributed by atoms with Crippen LogP contribution in [-0.2, 0) is 9.84 Å². The molecule has 0 radical (unpaired) electrons. The molecule has 1 atom stereocenters. The average Bonchev–Trinajstić information content (AvgIpc) is 2.24. The molecule has 1 unspecified atom stereocenters. The standard InChI is InChI=1S/C11H16FNO3S/c1-3-9(7-13)16-10-4-8(12)5-11(6-10)17(2,14)15/h4-6,9H,3,7,13H2,1-2H3. The first kappa shape index (κ1) is 13.9. The zero-order valence-electron chi connectivity index (χ0n) is 9.81. The molecular weight excluding hydrogens is 245 g/mol. The number of benzene rings is 1. The highest BCUT2D eigenvalue weighted by atomic mass is 32.2. The van der Waals surface area contributed by atoms with Crippen molar-refractivity contribution in [3.63, 3.8) is 0 Å². The van der Waals surface area contributed by atoms with E-state index in [4.69, 9.17) is 10.5 Å². The smallest absolute Gasteiger partial charge is 0.175 e. The van der Waals surface area contributed by atoms with Crippen LogP contribution in [0.3, 0.4) is 0 Å². The lowest BCUT2D eigenvalue weighted by atomic mass is 10.2. The Labute approximate surface area is 101 Å². The Kier molecular flexibility index (Phi) is 4.47. The molecule has 4 nitrogen and oxygen atoms in total. The third-order valence-electron chi connectivity index (χ3n) is 2.29. The van der Waals surface area contributed by atoms with Gasteiger partial charge < -0.3 is 10.5 Å². The number of hydrogen-bond acceptors (Lipinski definition) is 4. The van der Waals surface area contributed by atoms with Crippen LogP contribution in [0.2, 0.25) is 0 Å². The van der Waals surface area contributed by atoms with Crippen LogP contribution in [0.15, 0.2) is 23.1 Å². The van der Waals surface area contributed by atoms with Crippen LogP contribution < -0.4 is 10.5 Å². The van der Waals surface area contributed by atoms with Crippen molar-refractivity contribution in [1.29, 1.82) is 0 Å². The minimum absolute atomic E-state index is 0.0978. The first-order chi connectivity index (χ1) is 7.86. The Balaban J connectivity index is 3.06. The summed E-state index contributed by atoms with van der Waals surface area (Å²) in [6, 6.07) is 3.41. The van der Waals surface area contributed by atoms with E-state index in [2.05, 4.69) is 0 Å². The number of ether oxygens (including phenoxy) is 1. The normalized spacial score (nSPS) is 13.4. The molecule has 0 spiro atoms. The van der Waals surface area contributed by atoms with Crippen molar-refractivity contribution in [1.82, 2.24) is 0 Å². The molecule has 0 aliphatic heterocycles. The highest BCUT2D eigenvalue weighted by Gasteiger charge is 2.13. The van der Waals surface area contributed by atoms with Crippen molar-refractivity contribution in [2.75, 3.05) is 12.8 Å². The maximum atomic E-state index is 13.2. The first-order valence-electron chi connectivity index (χ1n) is 5.24. The Morgan fingerprint density at radius 3 is 2.53 bits per heavy atom. The van der Waals surface area contributed by atoms with Gasteiger partial charge in [0.2, 0.25) is 0 Å². The molecule has 2 N–H and O–H groups in total. The van der Waals surface area contributed by atoms with Gasteiger partial charge in [-0.1, -0.05) is 6.92 Å². The van der Waals surface area contributed by atoms with Gasteiger partial charge in [-0.2, -0.15) is 0 Å². The van der Waals surface area contributed by atoms with E-state index in [1.165, 1.54) is 6.07 Å². The van der Waals surface area contributed by atoms with E-state index in [9.17, 15) is 12.8 Å². The lowest BCUT2D eigenvalue weighted by Crippen LogP contribution is -2.25. The van der Waals surface area contributed by atoms with E-state index in [1.807, 2.05) is 6.92 Å². The van der Waals surface area contributed by atoms with Crippen LogP contribution >= 0.6 is 0 Å². The maximum absolute atomic E-state index is 13.2. The second kappa shape index (κ2) is 5.46. The molecule has 0 saturated heterocycles. The fourth-order valence-electron chi connectivity index (χ4n) is 1.31. The molecule has 0 amide bonds. The Morgan fingerprint density at radius 1 is 1.41 bits per heavy atom. The zero-order valence-corrected chi connectivity index (χ0v) is 10.6. The van der Waals surface area contributed by atoms with Gasteiger partial charge >= 0.3 is 0 Å². The lowest BCUT2D eigenvalue weighted by molar-refractivity contribution is 0.204. The topological polar surface area (TPSA) is 69.4 Å². The van der Waals surface area contributed by atoms with Gasteiger partial charge in [0.1, 0.15) is 17.7 Å². The van der Waals surface area contributed by atoms with E-state index >= 15 is 0 Å². The third-order valence-corrected chi connectivity index (χ3v) is 3.39. The molecule has 6 heteroatoms. The predicted molar refractivity (Wildman–Crippen MR) is 63.3 cm³/mol. The van der Waals surface area contributed by atoms with Gasteiger partial charge in [0.25, 0.3) is 0 Å². The van der Waals surface area contributed by atoms with E-state index < -0.39 is 15.7 Å². The van der Waals surface area contributed by atoms with E-state index in [-0.39, 0.29) is 16.7 Å². The third kappa shape index (κ3) is 3.98. The highest BCUT2D eigenvalue weighted by Crippen LogP contribution is 2.21. The summed E-state index contributed by atoms with van der Waals surface area (Å²) in [5.74, 6) is -0.461. The summed E-state index contributed by atoms with van der Waals surface area (Å²) < 4.78 is 41.3. The second-order valence-corrected chi connectivity index (χ2v) is 5.79. The van der Waals surface area contributed by atoms with Crippen LogP contribution in [0, 0.1) is 5.82 Å².